The summed E-state index contributed by atoms with van der Waals surface area (Å²) in [7, 11) is 1.51. The van der Waals surface area contributed by atoms with Crippen LogP contribution in [-0.4, -0.2) is 44.2 Å². The van der Waals surface area contributed by atoms with Crippen LogP contribution in [0.5, 0.6) is 5.75 Å². The largest absolute Gasteiger partial charge is 0.495 e. The standard InChI is InChI=1S/C27H30FN3O2/c1-3-20-17-19(9-12-25(20)31-15-13-29-14-16-31)18-24(30-32)22-10-11-23(28)26(27(22)33-2)21-7-5-4-6-8-21/h4-12,17,29,32H,3,13-16,18H2,1-2H3/b30-24+. The molecule has 5 nitrogen and oxygen atoms in total. The highest BCUT2D eigenvalue weighted by molar-refractivity contribution is 6.05. The molecule has 0 aliphatic carbocycles. The van der Waals surface area contributed by atoms with E-state index in [9.17, 15) is 9.60 Å². The molecule has 1 aliphatic rings. The van der Waals surface area contributed by atoms with Gasteiger partial charge in [-0.15, -0.1) is 0 Å². The van der Waals surface area contributed by atoms with E-state index in [1.165, 1.54) is 24.4 Å². The second-order valence-corrected chi connectivity index (χ2v) is 8.15. The molecule has 172 valence electrons. The minimum Gasteiger partial charge on any atom is -0.495 e. The van der Waals surface area contributed by atoms with Crippen molar-refractivity contribution in [2.75, 3.05) is 38.2 Å². The van der Waals surface area contributed by atoms with E-state index in [1.807, 2.05) is 30.3 Å². The lowest BCUT2D eigenvalue weighted by atomic mass is 9.94. The molecule has 0 spiro atoms. The van der Waals surface area contributed by atoms with Crippen LogP contribution in [0.25, 0.3) is 11.1 Å². The van der Waals surface area contributed by atoms with Gasteiger partial charge in [-0.2, -0.15) is 0 Å². The molecule has 0 saturated carbocycles. The summed E-state index contributed by atoms with van der Waals surface area (Å²) in [6.07, 6.45) is 1.32. The number of oxime groups is 1. The van der Waals surface area contributed by atoms with Crippen LogP contribution in [0.1, 0.15) is 23.6 Å². The molecule has 1 fully saturated rings. The van der Waals surface area contributed by atoms with Crippen LogP contribution in [0.15, 0.2) is 65.8 Å². The number of hydrogen-bond acceptors (Lipinski definition) is 5. The number of hydrogen-bond donors (Lipinski definition) is 2. The minimum absolute atomic E-state index is 0.361. The van der Waals surface area contributed by atoms with Crippen molar-refractivity contribution in [1.82, 2.24) is 5.32 Å². The zero-order valence-corrected chi connectivity index (χ0v) is 19.1. The van der Waals surface area contributed by atoms with Gasteiger partial charge in [-0.3, -0.25) is 0 Å². The van der Waals surface area contributed by atoms with Crippen LogP contribution in [-0.2, 0) is 12.8 Å². The fourth-order valence-corrected chi connectivity index (χ4v) is 4.50. The number of aryl methyl sites for hydroxylation is 1. The fraction of sp³-hybridized carbons (Fsp3) is 0.296. The lowest BCUT2D eigenvalue weighted by molar-refractivity contribution is 0.318. The Morgan fingerprint density at radius 3 is 2.52 bits per heavy atom. The summed E-state index contributed by atoms with van der Waals surface area (Å²) in [6.45, 7) is 6.11. The predicted octanol–water partition coefficient (Wildman–Crippen LogP) is 4.89. The number of rotatable bonds is 7. The molecule has 0 radical (unpaired) electrons. The summed E-state index contributed by atoms with van der Waals surface area (Å²) < 4.78 is 20.5. The number of anilines is 1. The smallest absolute Gasteiger partial charge is 0.138 e. The van der Waals surface area contributed by atoms with E-state index in [2.05, 4.69) is 40.5 Å². The Labute approximate surface area is 194 Å². The number of nitrogens with one attached hydrogen (secondary N) is 1. The van der Waals surface area contributed by atoms with E-state index in [-0.39, 0.29) is 5.82 Å². The molecule has 2 N–H and O–H groups in total. The topological polar surface area (TPSA) is 57.1 Å². The number of nitrogens with zero attached hydrogens (tertiary/aromatic N) is 2. The van der Waals surface area contributed by atoms with Crippen LogP contribution < -0.4 is 15.0 Å². The maximum absolute atomic E-state index is 14.8. The maximum atomic E-state index is 14.8. The van der Waals surface area contributed by atoms with Crippen molar-refractivity contribution in [3.05, 3.63) is 83.2 Å². The van der Waals surface area contributed by atoms with Gasteiger partial charge < -0.3 is 20.2 Å². The SMILES string of the molecule is CCc1cc(C/C(=N\O)c2ccc(F)c(-c3ccccc3)c2OC)ccc1N1CCNCC1. The molecule has 0 atom stereocenters. The van der Waals surface area contributed by atoms with Gasteiger partial charge in [0.1, 0.15) is 11.6 Å². The second-order valence-electron chi connectivity index (χ2n) is 8.15. The highest BCUT2D eigenvalue weighted by atomic mass is 19.1. The van der Waals surface area contributed by atoms with Gasteiger partial charge in [0, 0.05) is 43.9 Å². The van der Waals surface area contributed by atoms with Gasteiger partial charge >= 0.3 is 0 Å². The van der Waals surface area contributed by atoms with Gasteiger partial charge in [-0.1, -0.05) is 54.5 Å². The number of methoxy groups -OCH3 is 1. The zero-order valence-electron chi connectivity index (χ0n) is 19.1. The van der Waals surface area contributed by atoms with Gasteiger partial charge in [-0.05, 0) is 41.3 Å². The van der Waals surface area contributed by atoms with E-state index in [0.717, 1.165) is 38.2 Å². The van der Waals surface area contributed by atoms with Crippen molar-refractivity contribution in [3.63, 3.8) is 0 Å². The van der Waals surface area contributed by atoms with Gasteiger partial charge in [0.05, 0.1) is 18.4 Å². The molecule has 0 amide bonds. The average molecular weight is 448 g/mol. The first-order chi connectivity index (χ1) is 16.2. The Balaban J connectivity index is 1.68. The molecule has 3 aromatic carbocycles. The molecule has 1 heterocycles. The summed E-state index contributed by atoms with van der Waals surface area (Å²) >= 11 is 0. The number of piperazine rings is 1. The second kappa shape index (κ2) is 10.5. The van der Waals surface area contributed by atoms with Crippen molar-refractivity contribution in [2.24, 2.45) is 5.16 Å². The summed E-state index contributed by atoms with van der Waals surface area (Å²) in [6, 6.07) is 18.7. The zero-order chi connectivity index (χ0) is 23.2. The Bertz CT molecular complexity index is 1130. The molecule has 6 heteroatoms. The fourth-order valence-electron chi connectivity index (χ4n) is 4.50. The Morgan fingerprint density at radius 1 is 1.09 bits per heavy atom. The van der Waals surface area contributed by atoms with E-state index >= 15 is 0 Å². The summed E-state index contributed by atoms with van der Waals surface area (Å²) in [5, 5.41) is 16.9. The first-order valence-corrected chi connectivity index (χ1v) is 11.4. The maximum Gasteiger partial charge on any atom is 0.138 e. The van der Waals surface area contributed by atoms with Gasteiger partial charge in [0.15, 0.2) is 0 Å². The first-order valence-electron chi connectivity index (χ1n) is 11.4. The third-order valence-corrected chi connectivity index (χ3v) is 6.16. The number of ether oxygens (including phenoxy) is 1. The third-order valence-electron chi connectivity index (χ3n) is 6.16. The Morgan fingerprint density at radius 2 is 1.85 bits per heavy atom. The minimum atomic E-state index is -0.382. The predicted molar refractivity (Wildman–Crippen MR) is 131 cm³/mol. The molecular formula is C27H30FN3O2. The van der Waals surface area contributed by atoms with Crippen molar-refractivity contribution in [1.29, 1.82) is 0 Å². The van der Waals surface area contributed by atoms with Crippen LogP contribution >= 0.6 is 0 Å². The van der Waals surface area contributed by atoms with E-state index in [1.54, 1.807) is 6.07 Å². The van der Waals surface area contributed by atoms with E-state index < -0.39 is 0 Å². The van der Waals surface area contributed by atoms with Crippen LogP contribution in [0.4, 0.5) is 10.1 Å². The summed E-state index contributed by atoms with van der Waals surface area (Å²) in [4.78, 5) is 2.41. The van der Waals surface area contributed by atoms with Crippen LogP contribution in [0.2, 0.25) is 0 Å². The Kier molecular flexibility index (Phi) is 7.25. The van der Waals surface area contributed by atoms with Crippen LogP contribution in [0.3, 0.4) is 0 Å². The molecule has 0 bridgehead atoms. The summed E-state index contributed by atoms with van der Waals surface area (Å²) in [5.41, 5.74) is 5.63. The van der Waals surface area contributed by atoms with Crippen LogP contribution in [0, 0.1) is 5.82 Å². The van der Waals surface area contributed by atoms with Crippen molar-refractivity contribution in [2.45, 2.75) is 19.8 Å². The number of halogens is 1. The summed E-state index contributed by atoms with van der Waals surface area (Å²) in [5.74, 6) is -0.0186. The Hall–Kier alpha value is -3.38. The molecule has 3 aromatic rings. The lowest BCUT2D eigenvalue weighted by Crippen LogP contribution is -2.43. The first kappa shape index (κ1) is 22.8. The van der Waals surface area contributed by atoms with E-state index in [4.69, 9.17) is 4.74 Å². The third kappa shape index (κ3) is 4.86. The number of benzene rings is 3. The molecule has 1 aliphatic heterocycles. The highest BCUT2D eigenvalue weighted by Gasteiger charge is 2.21. The van der Waals surface area contributed by atoms with Crippen molar-refractivity contribution in [3.8, 4) is 16.9 Å². The quantitative estimate of drug-likeness (QED) is 0.308. The molecular weight excluding hydrogens is 417 g/mol. The molecule has 0 aromatic heterocycles. The molecule has 1 saturated heterocycles. The average Bonchev–Trinajstić information content (AvgIpc) is 2.88. The normalized spacial score (nSPS) is 14.4. The van der Waals surface area contributed by atoms with Crippen molar-refractivity contribution >= 4 is 11.4 Å². The van der Waals surface area contributed by atoms with Crippen molar-refractivity contribution < 1.29 is 14.3 Å². The molecule has 0 unspecified atom stereocenters. The van der Waals surface area contributed by atoms with Gasteiger partial charge in [-0.25, -0.2) is 4.39 Å². The van der Waals surface area contributed by atoms with Gasteiger partial charge in [0.2, 0.25) is 0 Å². The van der Waals surface area contributed by atoms with Gasteiger partial charge in [0.25, 0.3) is 0 Å². The molecule has 4 rings (SSSR count). The lowest BCUT2D eigenvalue weighted by Gasteiger charge is -2.31. The highest BCUT2D eigenvalue weighted by Crippen LogP contribution is 2.36. The van der Waals surface area contributed by atoms with E-state index in [0.29, 0.717) is 34.6 Å². The molecule has 33 heavy (non-hydrogen) atoms. The monoisotopic (exact) mass is 447 g/mol.